The third-order valence-corrected chi connectivity index (χ3v) is 5.03. The van der Waals surface area contributed by atoms with Crippen LogP contribution in [0.5, 0.6) is 5.75 Å². The molecular formula is C18H21N3O2S. The van der Waals surface area contributed by atoms with Gasteiger partial charge in [-0.05, 0) is 32.9 Å². The Morgan fingerprint density at radius 1 is 1.33 bits per heavy atom. The van der Waals surface area contributed by atoms with Crippen LogP contribution in [0.4, 0.5) is 0 Å². The van der Waals surface area contributed by atoms with Gasteiger partial charge in [-0.15, -0.1) is 11.3 Å². The van der Waals surface area contributed by atoms with E-state index in [4.69, 9.17) is 9.15 Å². The molecule has 3 aromatic rings. The zero-order valence-electron chi connectivity index (χ0n) is 14.3. The van der Waals surface area contributed by atoms with Gasteiger partial charge in [0.15, 0.2) is 5.76 Å². The van der Waals surface area contributed by atoms with Crippen LogP contribution >= 0.6 is 11.3 Å². The lowest BCUT2D eigenvalue weighted by molar-refractivity contribution is 0.365. The summed E-state index contributed by atoms with van der Waals surface area (Å²) < 4.78 is 11.1. The Labute approximate surface area is 145 Å². The van der Waals surface area contributed by atoms with Gasteiger partial charge in [0.05, 0.1) is 25.4 Å². The maximum Gasteiger partial charge on any atom is 0.208 e. The molecule has 1 N–H and O–H groups in total. The Morgan fingerprint density at radius 2 is 2.17 bits per heavy atom. The number of thiazole rings is 1. The fraction of sp³-hybridized carbons (Fsp3) is 0.333. The SMILES string of the molecule is COc1cccc(-c2cnc(CNC(C)(C)c3nc(C)cs3)o2)c1. The average Bonchev–Trinajstić information content (AvgIpc) is 3.22. The standard InChI is InChI=1S/C18H21N3O2S/c1-12-11-24-17(21-12)18(2,3)20-10-16-19-9-15(23-16)13-6-5-7-14(8-13)22-4/h5-9,11,20H,10H2,1-4H3. The topological polar surface area (TPSA) is 60.2 Å². The van der Waals surface area contributed by atoms with Crippen LogP contribution in [-0.4, -0.2) is 17.1 Å². The van der Waals surface area contributed by atoms with Gasteiger partial charge in [0.25, 0.3) is 0 Å². The highest BCUT2D eigenvalue weighted by atomic mass is 32.1. The molecule has 0 atom stereocenters. The number of aromatic nitrogens is 2. The molecule has 2 aromatic heterocycles. The summed E-state index contributed by atoms with van der Waals surface area (Å²) in [5.74, 6) is 2.17. The van der Waals surface area contributed by atoms with Crippen molar-refractivity contribution in [2.45, 2.75) is 32.9 Å². The molecule has 0 aliphatic heterocycles. The van der Waals surface area contributed by atoms with Crippen molar-refractivity contribution in [2.75, 3.05) is 7.11 Å². The quantitative estimate of drug-likeness (QED) is 0.729. The van der Waals surface area contributed by atoms with Gasteiger partial charge >= 0.3 is 0 Å². The van der Waals surface area contributed by atoms with Gasteiger partial charge in [0.2, 0.25) is 5.89 Å². The highest BCUT2D eigenvalue weighted by Crippen LogP contribution is 2.26. The number of benzene rings is 1. The van der Waals surface area contributed by atoms with E-state index >= 15 is 0 Å². The zero-order valence-corrected chi connectivity index (χ0v) is 15.1. The Balaban J connectivity index is 1.70. The molecule has 6 heteroatoms. The van der Waals surface area contributed by atoms with Crippen LogP contribution in [0, 0.1) is 6.92 Å². The van der Waals surface area contributed by atoms with Crippen LogP contribution < -0.4 is 10.1 Å². The van der Waals surface area contributed by atoms with E-state index in [1.165, 1.54) is 0 Å². The van der Waals surface area contributed by atoms with Gasteiger partial charge in [-0.25, -0.2) is 9.97 Å². The smallest absolute Gasteiger partial charge is 0.208 e. The molecule has 0 aliphatic carbocycles. The Bertz CT molecular complexity index is 823. The number of oxazole rings is 1. The van der Waals surface area contributed by atoms with Gasteiger partial charge < -0.3 is 9.15 Å². The van der Waals surface area contributed by atoms with E-state index in [9.17, 15) is 0 Å². The molecule has 0 bridgehead atoms. The van der Waals surface area contributed by atoms with Gasteiger partial charge in [-0.3, -0.25) is 5.32 Å². The molecule has 126 valence electrons. The first-order valence-electron chi connectivity index (χ1n) is 7.75. The molecular weight excluding hydrogens is 322 g/mol. The molecule has 0 fully saturated rings. The van der Waals surface area contributed by atoms with Crippen LogP contribution in [0.3, 0.4) is 0 Å². The predicted octanol–water partition coefficient (Wildman–Crippen LogP) is 4.14. The molecule has 0 saturated carbocycles. The number of nitrogens with zero attached hydrogens (tertiary/aromatic N) is 2. The third kappa shape index (κ3) is 3.66. The van der Waals surface area contributed by atoms with Crippen molar-refractivity contribution in [1.82, 2.24) is 15.3 Å². The largest absolute Gasteiger partial charge is 0.497 e. The summed E-state index contributed by atoms with van der Waals surface area (Å²) in [5.41, 5.74) is 1.76. The summed E-state index contributed by atoms with van der Waals surface area (Å²) in [5, 5.41) is 6.57. The lowest BCUT2D eigenvalue weighted by atomic mass is 10.1. The molecule has 2 heterocycles. The number of methoxy groups -OCH3 is 1. The van der Waals surface area contributed by atoms with Gasteiger partial charge in [0.1, 0.15) is 10.8 Å². The molecule has 0 spiro atoms. The number of ether oxygens (including phenoxy) is 1. The molecule has 0 unspecified atom stereocenters. The molecule has 0 saturated heterocycles. The lowest BCUT2D eigenvalue weighted by Gasteiger charge is -2.22. The van der Waals surface area contributed by atoms with Crippen LogP contribution in [0.25, 0.3) is 11.3 Å². The van der Waals surface area contributed by atoms with E-state index in [1.807, 2.05) is 31.2 Å². The van der Waals surface area contributed by atoms with E-state index < -0.39 is 0 Å². The second-order valence-electron chi connectivity index (χ2n) is 6.12. The zero-order chi connectivity index (χ0) is 17.2. The van der Waals surface area contributed by atoms with E-state index in [-0.39, 0.29) is 5.54 Å². The number of aryl methyl sites for hydroxylation is 1. The summed E-state index contributed by atoms with van der Waals surface area (Å²) in [6.07, 6.45) is 1.74. The van der Waals surface area contributed by atoms with E-state index in [0.29, 0.717) is 12.4 Å². The van der Waals surface area contributed by atoms with Crippen molar-refractivity contribution in [3.63, 3.8) is 0 Å². The normalized spacial score (nSPS) is 11.7. The minimum absolute atomic E-state index is 0.233. The molecule has 0 aliphatic rings. The summed E-state index contributed by atoms with van der Waals surface area (Å²) in [6.45, 7) is 6.76. The summed E-state index contributed by atoms with van der Waals surface area (Å²) in [4.78, 5) is 8.92. The van der Waals surface area contributed by atoms with Crippen LogP contribution in [0.2, 0.25) is 0 Å². The van der Waals surface area contributed by atoms with E-state index in [2.05, 4.69) is 34.5 Å². The Hall–Kier alpha value is -2.18. The molecule has 24 heavy (non-hydrogen) atoms. The van der Waals surface area contributed by atoms with Crippen molar-refractivity contribution < 1.29 is 9.15 Å². The molecule has 3 rings (SSSR count). The first-order valence-corrected chi connectivity index (χ1v) is 8.62. The number of hydrogen-bond acceptors (Lipinski definition) is 6. The van der Waals surface area contributed by atoms with Crippen molar-refractivity contribution in [3.8, 4) is 17.1 Å². The maximum absolute atomic E-state index is 5.86. The Morgan fingerprint density at radius 3 is 2.88 bits per heavy atom. The number of rotatable bonds is 6. The lowest BCUT2D eigenvalue weighted by Crippen LogP contribution is -2.36. The minimum Gasteiger partial charge on any atom is -0.497 e. The first kappa shape index (κ1) is 16.7. The summed E-state index contributed by atoms with van der Waals surface area (Å²) in [7, 11) is 1.65. The maximum atomic E-state index is 5.86. The van der Waals surface area contributed by atoms with Gasteiger partial charge in [-0.1, -0.05) is 12.1 Å². The van der Waals surface area contributed by atoms with Gasteiger partial charge in [0, 0.05) is 16.6 Å². The number of nitrogens with one attached hydrogen (secondary N) is 1. The fourth-order valence-corrected chi connectivity index (χ4v) is 3.21. The fourth-order valence-electron chi connectivity index (χ4n) is 2.32. The van der Waals surface area contributed by atoms with Crippen molar-refractivity contribution in [1.29, 1.82) is 0 Å². The molecule has 5 nitrogen and oxygen atoms in total. The van der Waals surface area contributed by atoms with Crippen molar-refractivity contribution in [2.24, 2.45) is 0 Å². The van der Waals surface area contributed by atoms with Crippen molar-refractivity contribution >= 4 is 11.3 Å². The van der Waals surface area contributed by atoms with E-state index in [1.54, 1.807) is 24.6 Å². The van der Waals surface area contributed by atoms with Crippen molar-refractivity contribution in [3.05, 3.63) is 52.4 Å². The third-order valence-electron chi connectivity index (χ3n) is 3.74. The Kier molecular flexibility index (Phi) is 4.69. The monoisotopic (exact) mass is 343 g/mol. The molecule has 0 amide bonds. The van der Waals surface area contributed by atoms with E-state index in [0.717, 1.165) is 27.8 Å². The summed E-state index contributed by atoms with van der Waals surface area (Å²) in [6, 6.07) is 7.74. The average molecular weight is 343 g/mol. The van der Waals surface area contributed by atoms with Crippen LogP contribution in [-0.2, 0) is 12.1 Å². The minimum atomic E-state index is -0.233. The highest BCUT2D eigenvalue weighted by Gasteiger charge is 2.24. The van der Waals surface area contributed by atoms with Gasteiger partial charge in [-0.2, -0.15) is 0 Å². The molecule has 0 radical (unpaired) electrons. The molecule has 1 aromatic carbocycles. The second kappa shape index (κ2) is 6.75. The second-order valence-corrected chi connectivity index (χ2v) is 6.98. The van der Waals surface area contributed by atoms with Crippen LogP contribution in [0.1, 0.15) is 30.4 Å². The first-order chi connectivity index (χ1) is 11.5. The van der Waals surface area contributed by atoms with Crippen LogP contribution in [0.15, 0.2) is 40.3 Å². The summed E-state index contributed by atoms with van der Waals surface area (Å²) >= 11 is 1.66. The highest BCUT2D eigenvalue weighted by molar-refractivity contribution is 7.09. The predicted molar refractivity (Wildman–Crippen MR) is 95.2 cm³/mol. The number of hydrogen-bond donors (Lipinski definition) is 1.